The van der Waals surface area contributed by atoms with Crippen molar-refractivity contribution < 1.29 is 19.0 Å². The molecule has 0 saturated heterocycles. The molecule has 5 nitrogen and oxygen atoms in total. The predicted molar refractivity (Wildman–Crippen MR) is 116 cm³/mol. The molecule has 0 aliphatic heterocycles. The van der Waals surface area contributed by atoms with Gasteiger partial charge in [-0.15, -0.1) is 0 Å². The van der Waals surface area contributed by atoms with Crippen LogP contribution in [-0.2, 0) is 4.79 Å². The van der Waals surface area contributed by atoms with Gasteiger partial charge in [-0.2, -0.15) is 0 Å². The third kappa shape index (κ3) is 4.71. The van der Waals surface area contributed by atoms with Crippen molar-refractivity contribution in [3.05, 3.63) is 24.3 Å². The Morgan fingerprint density at radius 2 is 1.62 bits per heavy atom. The molecule has 1 amide bonds. The second-order valence-corrected chi connectivity index (χ2v) is 8.24. The molecule has 2 aliphatic carbocycles. The minimum atomic E-state index is 0.0210. The van der Waals surface area contributed by atoms with E-state index in [0.717, 1.165) is 12.8 Å². The number of ether oxygens (including phenoxy) is 3. The summed E-state index contributed by atoms with van der Waals surface area (Å²) in [6.45, 7) is 2.24. The molecule has 0 aromatic heterocycles. The number of unbranched alkanes of at least 4 members (excludes halogenated alkanes) is 4. The van der Waals surface area contributed by atoms with Gasteiger partial charge in [-0.25, -0.2) is 0 Å². The first-order chi connectivity index (χ1) is 14.1. The standard InChI is InChI=1S/C24H35NO4/c1-5-6-7-8-9-10-19-16-11-12-17(13-16)22(19)24(26)25-23-20(28-3)14-18(27-2)15-21(23)29-4/h11-12,14-17,19,22H,5-10,13H2,1-4H3,(H,25,26). The molecule has 0 radical (unpaired) electrons. The van der Waals surface area contributed by atoms with E-state index in [2.05, 4.69) is 24.4 Å². The van der Waals surface area contributed by atoms with Crippen LogP contribution in [-0.4, -0.2) is 27.2 Å². The first-order valence-electron chi connectivity index (χ1n) is 10.9. The number of hydrogen-bond donors (Lipinski definition) is 1. The zero-order chi connectivity index (χ0) is 20.8. The fourth-order valence-electron chi connectivity index (χ4n) is 5.03. The molecule has 1 aromatic carbocycles. The molecule has 4 atom stereocenters. The van der Waals surface area contributed by atoms with Crippen LogP contribution < -0.4 is 19.5 Å². The number of carbonyl (C=O) groups excluding carboxylic acids is 1. The number of methoxy groups -OCH3 is 3. The summed E-state index contributed by atoms with van der Waals surface area (Å²) in [6, 6.07) is 3.54. The van der Waals surface area contributed by atoms with Gasteiger partial charge in [0.2, 0.25) is 5.91 Å². The second-order valence-electron chi connectivity index (χ2n) is 8.24. The average molecular weight is 402 g/mol. The van der Waals surface area contributed by atoms with Crippen molar-refractivity contribution in [1.29, 1.82) is 0 Å². The summed E-state index contributed by atoms with van der Waals surface area (Å²) < 4.78 is 16.3. The Morgan fingerprint density at radius 1 is 0.966 bits per heavy atom. The summed E-state index contributed by atoms with van der Waals surface area (Å²) in [5.74, 6) is 3.13. The Hall–Kier alpha value is -2.17. The SMILES string of the molecule is CCCCCCCC1C2C=CC(C2)C1C(=O)Nc1c(OC)cc(OC)cc1OC. The summed E-state index contributed by atoms with van der Waals surface area (Å²) in [5, 5.41) is 3.12. The number of nitrogens with one attached hydrogen (secondary N) is 1. The molecule has 4 unspecified atom stereocenters. The van der Waals surface area contributed by atoms with Crippen LogP contribution in [0.25, 0.3) is 0 Å². The van der Waals surface area contributed by atoms with E-state index in [0.29, 0.717) is 40.7 Å². The van der Waals surface area contributed by atoms with E-state index in [9.17, 15) is 4.79 Å². The fraction of sp³-hybridized carbons (Fsp3) is 0.625. The molecule has 3 rings (SSSR count). The van der Waals surface area contributed by atoms with Crippen LogP contribution in [0.5, 0.6) is 17.2 Å². The lowest BCUT2D eigenvalue weighted by Crippen LogP contribution is -2.32. The van der Waals surface area contributed by atoms with Crippen LogP contribution in [0.2, 0.25) is 0 Å². The van der Waals surface area contributed by atoms with Crippen molar-refractivity contribution in [3.8, 4) is 17.2 Å². The lowest BCUT2D eigenvalue weighted by molar-refractivity contribution is -0.122. The smallest absolute Gasteiger partial charge is 0.228 e. The van der Waals surface area contributed by atoms with Gasteiger partial charge in [0.15, 0.2) is 0 Å². The van der Waals surface area contributed by atoms with Crippen LogP contribution in [0.15, 0.2) is 24.3 Å². The zero-order valence-corrected chi connectivity index (χ0v) is 18.2. The van der Waals surface area contributed by atoms with Gasteiger partial charge in [-0.05, 0) is 30.6 Å². The van der Waals surface area contributed by atoms with E-state index in [4.69, 9.17) is 14.2 Å². The average Bonchev–Trinajstić information content (AvgIpc) is 3.35. The van der Waals surface area contributed by atoms with Crippen molar-refractivity contribution in [2.45, 2.75) is 51.9 Å². The minimum Gasteiger partial charge on any atom is -0.496 e. The maximum atomic E-state index is 13.4. The highest BCUT2D eigenvalue weighted by Crippen LogP contribution is 2.51. The Bertz CT molecular complexity index is 705. The van der Waals surface area contributed by atoms with Crippen LogP contribution in [0.3, 0.4) is 0 Å². The first kappa shape index (κ1) is 21.5. The van der Waals surface area contributed by atoms with E-state index >= 15 is 0 Å². The first-order valence-corrected chi connectivity index (χ1v) is 10.9. The van der Waals surface area contributed by atoms with Gasteiger partial charge in [0.1, 0.15) is 22.9 Å². The number of allylic oxidation sites excluding steroid dienone is 2. The molecule has 1 fully saturated rings. The molecule has 2 aliphatic rings. The highest BCUT2D eigenvalue weighted by Gasteiger charge is 2.47. The number of benzene rings is 1. The van der Waals surface area contributed by atoms with Crippen molar-refractivity contribution in [1.82, 2.24) is 0 Å². The number of anilines is 1. The maximum Gasteiger partial charge on any atom is 0.228 e. The molecule has 1 saturated carbocycles. The van der Waals surface area contributed by atoms with E-state index < -0.39 is 0 Å². The largest absolute Gasteiger partial charge is 0.496 e. The van der Waals surface area contributed by atoms with Crippen molar-refractivity contribution >= 4 is 11.6 Å². The van der Waals surface area contributed by atoms with Crippen molar-refractivity contribution in [2.75, 3.05) is 26.6 Å². The zero-order valence-electron chi connectivity index (χ0n) is 18.2. The quantitative estimate of drug-likeness (QED) is 0.396. The summed E-state index contributed by atoms with van der Waals surface area (Å²) in [5.41, 5.74) is 0.578. The molecule has 5 heteroatoms. The van der Waals surface area contributed by atoms with E-state index in [1.807, 2.05) is 0 Å². The summed E-state index contributed by atoms with van der Waals surface area (Å²) in [4.78, 5) is 13.4. The van der Waals surface area contributed by atoms with Crippen molar-refractivity contribution in [2.24, 2.45) is 23.7 Å². The van der Waals surface area contributed by atoms with E-state index in [-0.39, 0.29) is 11.8 Å². The Balaban J connectivity index is 1.73. The van der Waals surface area contributed by atoms with Gasteiger partial charge in [0.25, 0.3) is 0 Å². The molecule has 0 spiro atoms. The molecule has 1 N–H and O–H groups in total. The van der Waals surface area contributed by atoms with Gasteiger partial charge in [0, 0.05) is 18.1 Å². The Kier molecular flexibility index (Phi) is 7.45. The molecule has 29 heavy (non-hydrogen) atoms. The second kappa shape index (κ2) is 10.0. The molecule has 0 heterocycles. The number of carbonyl (C=O) groups is 1. The molecular formula is C24H35NO4. The summed E-state index contributed by atoms with van der Waals surface area (Å²) >= 11 is 0. The minimum absolute atomic E-state index is 0.0210. The fourth-order valence-corrected chi connectivity index (χ4v) is 5.03. The van der Waals surface area contributed by atoms with Crippen LogP contribution >= 0.6 is 0 Å². The van der Waals surface area contributed by atoms with Crippen molar-refractivity contribution in [3.63, 3.8) is 0 Å². The highest BCUT2D eigenvalue weighted by atomic mass is 16.5. The molecular weight excluding hydrogens is 366 g/mol. The normalized spacial score (nSPS) is 24.6. The topological polar surface area (TPSA) is 56.8 Å². The van der Waals surface area contributed by atoms with Gasteiger partial charge >= 0.3 is 0 Å². The van der Waals surface area contributed by atoms with Gasteiger partial charge in [0.05, 0.1) is 21.3 Å². The van der Waals surface area contributed by atoms with E-state index in [1.54, 1.807) is 33.5 Å². The van der Waals surface area contributed by atoms with Crippen LogP contribution in [0, 0.1) is 23.7 Å². The van der Waals surface area contributed by atoms with Crippen LogP contribution in [0.4, 0.5) is 5.69 Å². The van der Waals surface area contributed by atoms with Gasteiger partial charge in [-0.3, -0.25) is 4.79 Å². The number of fused-ring (bicyclic) bond motifs is 2. The van der Waals surface area contributed by atoms with E-state index in [1.165, 1.54) is 32.1 Å². The van der Waals surface area contributed by atoms with Crippen LogP contribution in [0.1, 0.15) is 51.9 Å². The lowest BCUT2D eigenvalue weighted by Gasteiger charge is -2.28. The maximum absolute atomic E-state index is 13.4. The third-order valence-corrected chi connectivity index (χ3v) is 6.53. The van der Waals surface area contributed by atoms with Gasteiger partial charge < -0.3 is 19.5 Å². The molecule has 1 aromatic rings. The molecule has 160 valence electrons. The summed E-state index contributed by atoms with van der Waals surface area (Å²) in [7, 11) is 4.77. The third-order valence-electron chi connectivity index (χ3n) is 6.53. The highest BCUT2D eigenvalue weighted by molar-refractivity contribution is 5.96. The summed E-state index contributed by atoms with van der Waals surface area (Å²) in [6.07, 6.45) is 13.1. The van der Waals surface area contributed by atoms with Gasteiger partial charge in [-0.1, -0.05) is 51.2 Å². The Labute approximate surface area is 174 Å². The number of hydrogen-bond acceptors (Lipinski definition) is 4. The lowest BCUT2D eigenvalue weighted by atomic mass is 9.79. The number of amides is 1. The monoisotopic (exact) mass is 401 g/mol. The number of rotatable bonds is 11. The Morgan fingerprint density at radius 3 is 2.24 bits per heavy atom. The molecule has 2 bridgehead atoms. The predicted octanol–water partition coefficient (Wildman–Crippen LogP) is 5.45.